The predicted octanol–water partition coefficient (Wildman–Crippen LogP) is 1.45. The molecule has 148 valence electrons. The average Bonchev–Trinajstić information content (AvgIpc) is 2.61. The van der Waals surface area contributed by atoms with E-state index < -0.39 is 18.1 Å². The molecule has 2 aromatic rings. The summed E-state index contributed by atoms with van der Waals surface area (Å²) in [5, 5.41) is 7.12. The number of carboxylic acids is 1. The van der Waals surface area contributed by atoms with Gasteiger partial charge in [-0.3, -0.25) is 9.20 Å². The van der Waals surface area contributed by atoms with Crippen molar-refractivity contribution in [1.29, 1.82) is 0 Å². The summed E-state index contributed by atoms with van der Waals surface area (Å²) < 4.78 is 43.2. The van der Waals surface area contributed by atoms with Gasteiger partial charge in [0, 0.05) is 11.6 Å². The second-order valence-corrected chi connectivity index (χ2v) is 5.03. The highest BCUT2D eigenvalue weighted by molar-refractivity contribution is 5.90. The van der Waals surface area contributed by atoms with Gasteiger partial charge in [0.2, 0.25) is 0 Å². The van der Waals surface area contributed by atoms with Crippen LogP contribution in [-0.4, -0.2) is 47.9 Å². The van der Waals surface area contributed by atoms with Crippen molar-refractivity contribution in [3.8, 4) is 5.75 Å². The molecule has 0 bridgehead atoms. The van der Waals surface area contributed by atoms with Crippen LogP contribution in [0.25, 0.3) is 5.52 Å². The summed E-state index contributed by atoms with van der Waals surface area (Å²) in [7, 11) is 1.28. The molecule has 0 saturated heterocycles. The molecule has 0 aliphatic carbocycles. The van der Waals surface area contributed by atoms with Crippen molar-refractivity contribution in [2.24, 2.45) is 5.73 Å². The number of fused-ring (bicyclic) bond motifs is 1. The number of hydrogen-bond donors (Lipinski definition) is 2. The molecule has 0 fully saturated rings. The summed E-state index contributed by atoms with van der Waals surface area (Å²) in [6.07, 6.45) is -2.75. The first kappa shape index (κ1) is 22.0. The Morgan fingerprint density at radius 1 is 1.26 bits per heavy atom. The van der Waals surface area contributed by atoms with E-state index in [4.69, 9.17) is 20.4 Å². The molecule has 0 amide bonds. The van der Waals surface area contributed by atoms with Crippen molar-refractivity contribution in [2.45, 2.75) is 12.6 Å². The number of carbonyl (C=O) groups is 2. The standard InChI is InChI=1S/C14H16N2O4.C2HF3O2/c1-19-14(18)10-7-11-3-4-12(20-6-2-5-15)9-16(11)13(17)8-10;3-2(4,5)1(6)7/h3-4,7-9H,2,5-6,15H2,1H3;(H,6,7). The fourth-order valence-corrected chi connectivity index (χ4v) is 1.80. The SMILES string of the molecule is COC(=O)c1cc(=O)n2cc(OCCCN)ccc2c1.O=C(O)C(F)(F)F. The van der Waals surface area contributed by atoms with Gasteiger partial charge in [-0.15, -0.1) is 0 Å². The minimum atomic E-state index is -5.08. The first-order chi connectivity index (χ1) is 12.6. The van der Waals surface area contributed by atoms with Crippen LogP contribution in [0.2, 0.25) is 0 Å². The summed E-state index contributed by atoms with van der Waals surface area (Å²) in [6.45, 7) is 1.05. The maximum atomic E-state index is 12.0. The number of nitrogens with zero attached hydrogens (tertiary/aromatic N) is 1. The van der Waals surface area contributed by atoms with Gasteiger partial charge in [-0.05, 0) is 31.2 Å². The Bertz CT molecular complexity index is 863. The third kappa shape index (κ3) is 6.62. The van der Waals surface area contributed by atoms with Gasteiger partial charge in [0.25, 0.3) is 5.56 Å². The highest BCUT2D eigenvalue weighted by Crippen LogP contribution is 2.14. The quantitative estimate of drug-likeness (QED) is 0.586. The van der Waals surface area contributed by atoms with Gasteiger partial charge in [0.05, 0.1) is 25.5 Å². The van der Waals surface area contributed by atoms with E-state index in [9.17, 15) is 22.8 Å². The van der Waals surface area contributed by atoms with Crippen molar-refractivity contribution in [1.82, 2.24) is 4.40 Å². The summed E-state index contributed by atoms with van der Waals surface area (Å²) in [6, 6.07) is 6.29. The summed E-state index contributed by atoms with van der Waals surface area (Å²) >= 11 is 0. The van der Waals surface area contributed by atoms with Crippen LogP contribution in [0.5, 0.6) is 5.75 Å². The molecule has 0 spiro atoms. The number of carbonyl (C=O) groups excluding carboxylic acids is 1. The molecule has 11 heteroatoms. The fraction of sp³-hybridized carbons (Fsp3) is 0.312. The van der Waals surface area contributed by atoms with Gasteiger partial charge in [-0.1, -0.05) is 0 Å². The zero-order valence-corrected chi connectivity index (χ0v) is 14.2. The predicted molar refractivity (Wildman–Crippen MR) is 87.9 cm³/mol. The first-order valence-corrected chi connectivity index (χ1v) is 7.48. The highest BCUT2D eigenvalue weighted by Gasteiger charge is 2.38. The van der Waals surface area contributed by atoms with Crippen LogP contribution < -0.4 is 16.0 Å². The molecular formula is C16H17F3N2O6. The van der Waals surface area contributed by atoms with Crippen LogP contribution in [0.15, 0.2) is 35.3 Å². The number of aromatic nitrogens is 1. The Morgan fingerprint density at radius 3 is 2.41 bits per heavy atom. The number of rotatable bonds is 5. The second kappa shape index (κ2) is 9.57. The Kier molecular flexibility index (Phi) is 7.79. The lowest BCUT2D eigenvalue weighted by molar-refractivity contribution is -0.192. The van der Waals surface area contributed by atoms with Gasteiger partial charge in [-0.2, -0.15) is 13.2 Å². The van der Waals surface area contributed by atoms with Gasteiger partial charge in [0.15, 0.2) is 0 Å². The zero-order valence-electron chi connectivity index (χ0n) is 14.2. The smallest absolute Gasteiger partial charge is 0.490 e. The molecule has 0 unspecified atom stereocenters. The molecule has 8 nitrogen and oxygen atoms in total. The second-order valence-electron chi connectivity index (χ2n) is 5.03. The maximum Gasteiger partial charge on any atom is 0.490 e. The number of methoxy groups -OCH3 is 1. The lowest BCUT2D eigenvalue weighted by Crippen LogP contribution is -2.21. The molecule has 0 atom stereocenters. The Labute approximate surface area is 150 Å². The van der Waals surface area contributed by atoms with Crippen molar-refractivity contribution in [2.75, 3.05) is 20.3 Å². The van der Waals surface area contributed by atoms with Crippen molar-refractivity contribution in [3.63, 3.8) is 0 Å². The molecule has 2 rings (SSSR count). The number of nitrogens with two attached hydrogens (primary N) is 1. The van der Waals surface area contributed by atoms with E-state index in [1.807, 2.05) is 0 Å². The lowest BCUT2D eigenvalue weighted by Gasteiger charge is -2.08. The van der Waals surface area contributed by atoms with E-state index in [1.54, 1.807) is 24.4 Å². The van der Waals surface area contributed by atoms with Crippen molar-refractivity contribution in [3.05, 3.63) is 46.4 Å². The fourth-order valence-electron chi connectivity index (χ4n) is 1.80. The van der Waals surface area contributed by atoms with E-state index in [1.165, 1.54) is 17.6 Å². The first-order valence-electron chi connectivity index (χ1n) is 7.48. The molecule has 3 N–H and O–H groups in total. The number of alkyl halides is 3. The molecule has 27 heavy (non-hydrogen) atoms. The molecule has 2 aromatic heterocycles. The molecule has 0 aliphatic heterocycles. The Morgan fingerprint density at radius 2 is 1.89 bits per heavy atom. The molecule has 0 saturated carbocycles. The third-order valence-corrected chi connectivity index (χ3v) is 3.05. The minimum Gasteiger partial charge on any atom is -0.492 e. The van der Waals surface area contributed by atoms with E-state index in [2.05, 4.69) is 4.74 Å². The normalized spacial score (nSPS) is 10.7. The van der Waals surface area contributed by atoms with Crippen molar-refractivity contribution >= 4 is 17.5 Å². The number of carboxylic acid groups (broad SMARTS) is 1. The summed E-state index contributed by atoms with van der Waals surface area (Å²) in [4.78, 5) is 32.3. The summed E-state index contributed by atoms with van der Waals surface area (Å²) in [5.41, 5.74) is 5.91. The monoisotopic (exact) mass is 390 g/mol. The molecule has 0 aliphatic rings. The largest absolute Gasteiger partial charge is 0.492 e. The van der Waals surface area contributed by atoms with Crippen molar-refractivity contribution < 1.29 is 37.3 Å². The number of ether oxygens (including phenoxy) is 2. The number of esters is 1. The molecule has 0 aromatic carbocycles. The number of halogens is 3. The Hall–Kier alpha value is -3.08. The van der Waals surface area contributed by atoms with E-state index in [-0.39, 0.29) is 11.1 Å². The summed E-state index contributed by atoms with van der Waals surface area (Å²) in [5.74, 6) is -2.71. The van der Waals surface area contributed by atoms with E-state index in [0.717, 1.165) is 6.42 Å². The van der Waals surface area contributed by atoms with Crippen LogP contribution in [0.1, 0.15) is 16.8 Å². The minimum absolute atomic E-state index is 0.231. The van der Waals surface area contributed by atoms with Crippen LogP contribution in [-0.2, 0) is 9.53 Å². The van der Waals surface area contributed by atoms with Crippen LogP contribution in [0.3, 0.4) is 0 Å². The number of pyridine rings is 2. The number of hydrogen-bond acceptors (Lipinski definition) is 6. The molecular weight excluding hydrogens is 373 g/mol. The molecule has 0 radical (unpaired) electrons. The lowest BCUT2D eigenvalue weighted by atomic mass is 10.2. The van der Waals surface area contributed by atoms with Crippen LogP contribution in [0.4, 0.5) is 13.2 Å². The maximum absolute atomic E-state index is 12.0. The van der Waals surface area contributed by atoms with Crippen LogP contribution >= 0.6 is 0 Å². The molecule has 2 heterocycles. The topological polar surface area (TPSA) is 120 Å². The van der Waals surface area contributed by atoms with E-state index in [0.29, 0.717) is 24.4 Å². The van der Waals surface area contributed by atoms with Gasteiger partial charge >= 0.3 is 18.1 Å². The van der Waals surface area contributed by atoms with Crippen LogP contribution in [0, 0.1) is 0 Å². The average molecular weight is 390 g/mol. The zero-order chi connectivity index (χ0) is 20.6. The van der Waals surface area contributed by atoms with Gasteiger partial charge < -0.3 is 20.3 Å². The van der Waals surface area contributed by atoms with Gasteiger partial charge in [0.1, 0.15) is 5.75 Å². The number of aliphatic carboxylic acids is 1. The van der Waals surface area contributed by atoms with E-state index >= 15 is 0 Å². The van der Waals surface area contributed by atoms with Gasteiger partial charge in [-0.25, -0.2) is 9.59 Å². The highest BCUT2D eigenvalue weighted by atomic mass is 19.4. The third-order valence-electron chi connectivity index (χ3n) is 3.05. The Balaban J connectivity index is 0.000000445.